The summed E-state index contributed by atoms with van der Waals surface area (Å²) in [6.45, 7) is 0. The maximum absolute atomic E-state index is 2.00. The monoisotopic (exact) mass is 167 g/mol. The van der Waals surface area contributed by atoms with Crippen molar-refractivity contribution in [2.75, 3.05) is 0 Å². The maximum atomic E-state index is 2.00. The predicted octanol–water partition coefficient (Wildman–Crippen LogP) is 1.40. The van der Waals surface area contributed by atoms with Crippen molar-refractivity contribution in [1.82, 2.24) is 0 Å². The smallest absolute Gasteiger partial charge is 0.214 e. The second-order valence-corrected chi connectivity index (χ2v) is 0.962. The molecule has 0 nitrogen and oxygen atoms in total. The molecule has 0 atom stereocenters. The van der Waals surface area contributed by atoms with Gasteiger partial charge in [0.1, 0.15) is 0 Å². The Balaban J connectivity index is 0.000000250. The first-order valence-corrected chi connectivity index (χ1v) is 1.67. The van der Waals surface area contributed by atoms with Gasteiger partial charge in [0.2, 0.25) is 0 Å². The van der Waals surface area contributed by atoms with E-state index in [9.17, 15) is 0 Å². The molecule has 0 spiro atoms. The largest absolute Gasteiger partial charge is 2.00 e. The summed E-state index contributed by atoms with van der Waals surface area (Å²) >= 11 is 0. The molecule has 1 aromatic rings. The van der Waals surface area contributed by atoms with Gasteiger partial charge in [-0.1, -0.05) is 0 Å². The van der Waals surface area contributed by atoms with E-state index in [1.165, 1.54) is 0 Å². The molecule has 0 unspecified atom stereocenters. The Bertz CT molecular complexity index is 60.4. The molecule has 0 bridgehead atoms. The van der Waals surface area contributed by atoms with Crippen LogP contribution in [0.1, 0.15) is 0 Å². The van der Waals surface area contributed by atoms with Gasteiger partial charge in [-0.2, -0.15) is 18.2 Å². The van der Waals surface area contributed by atoms with E-state index in [4.69, 9.17) is 0 Å². The SMILES string of the molecule is [Ru+2].c1cc[cH-]c1. The summed E-state index contributed by atoms with van der Waals surface area (Å²) in [7, 11) is 0. The molecule has 1 heteroatoms. The Hall–Kier alpha value is -0.0266. The Morgan fingerprint density at radius 1 is 1.00 bits per heavy atom. The van der Waals surface area contributed by atoms with E-state index in [0.717, 1.165) is 0 Å². The molecular formula is C5H5Ru+. The minimum Gasteiger partial charge on any atom is -0.214 e. The first-order valence-electron chi connectivity index (χ1n) is 1.67. The maximum Gasteiger partial charge on any atom is 2.00 e. The molecule has 0 radical (unpaired) electrons. The Labute approximate surface area is 50.3 Å². The molecular weight excluding hydrogens is 161 g/mol. The molecule has 0 aliphatic carbocycles. The normalized spacial score (nSPS) is 6.67. The number of hydrogen-bond acceptors (Lipinski definition) is 0. The predicted molar refractivity (Wildman–Crippen MR) is 22.0 cm³/mol. The van der Waals surface area contributed by atoms with Gasteiger partial charge in [0, 0.05) is 0 Å². The van der Waals surface area contributed by atoms with Gasteiger partial charge in [0.15, 0.2) is 0 Å². The second-order valence-electron chi connectivity index (χ2n) is 0.962. The summed E-state index contributed by atoms with van der Waals surface area (Å²) in [6, 6.07) is 10.0. The molecule has 0 aliphatic rings. The van der Waals surface area contributed by atoms with Gasteiger partial charge in [-0.15, -0.1) is 0 Å². The average molecular weight is 166 g/mol. The Morgan fingerprint density at radius 3 is 1.67 bits per heavy atom. The summed E-state index contributed by atoms with van der Waals surface area (Å²) in [4.78, 5) is 0. The van der Waals surface area contributed by atoms with Crippen molar-refractivity contribution in [3.63, 3.8) is 0 Å². The molecule has 0 N–H and O–H groups in total. The quantitative estimate of drug-likeness (QED) is 0.403. The summed E-state index contributed by atoms with van der Waals surface area (Å²) in [5.74, 6) is 0. The van der Waals surface area contributed by atoms with Gasteiger partial charge in [-0.25, -0.2) is 12.1 Å². The third-order valence-corrected chi connectivity index (χ3v) is 0.556. The zero-order valence-corrected chi connectivity index (χ0v) is 4.98. The van der Waals surface area contributed by atoms with Crippen LogP contribution in [0.15, 0.2) is 30.3 Å². The second kappa shape index (κ2) is 3.17. The minimum atomic E-state index is 0. The molecule has 32 valence electrons. The first-order chi connectivity index (χ1) is 2.50. The van der Waals surface area contributed by atoms with Crippen LogP contribution in [0.3, 0.4) is 0 Å². The summed E-state index contributed by atoms with van der Waals surface area (Å²) in [5.41, 5.74) is 0. The van der Waals surface area contributed by atoms with Crippen LogP contribution in [0.5, 0.6) is 0 Å². The van der Waals surface area contributed by atoms with Crippen LogP contribution in [0.25, 0.3) is 0 Å². The zero-order valence-electron chi connectivity index (χ0n) is 3.24. The van der Waals surface area contributed by atoms with Crippen LogP contribution in [0.2, 0.25) is 0 Å². The van der Waals surface area contributed by atoms with Crippen LogP contribution in [0.4, 0.5) is 0 Å². The molecule has 0 amide bonds. The zero-order chi connectivity index (χ0) is 3.54. The van der Waals surface area contributed by atoms with Gasteiger partial charge in [0.25, 0.3) is 0 Å². The van der Waals surface area contributed by atoms with Crippen molar-refractivity contribution in [3.05, 3.63) is 30.3 Å². The summed E-state index contributed by atoms with van der Waals surface area (Å²) in [5, 5.41) is 0. The topological polar surface area (TPSA) is 0 Å². The molecule has 0 aliphatic heterocycles. The van der Waals surface area contributed by atoms with Gasteiger partial charge in [-0.05, 0) is 0 Å². The molecule has 1 rings (SSSR count). The van der Waals surface area contributed by atoms with Crippen molar-refractivity contribution in [2.45, 2.75) is 0 Å². The van der Waals surface area contributed by atoms with E-state index in [2.05, 4.69) is 0 Å². The van der Waals surface area contributed by atoms with Gasteiger partial charge < -0.3 is 0 Å². The third kappa shape index (κ3) is 1.42. The third-order valence-electron chi connectivity index (χ3n) is 0.556. The van der Waals surface area contributed by atoms with Crippen molar-refractivity contribution in [1.29, 1.82) is 0 Å². The van der Waals surface area contributed by atoms with Crippen molar-refractivity contribution in [2.24, 2.45) is 0 Å². The summed E-state index contributed by atoms with van der Waals surface area (Å²) in [6.07, 6.45) is 0. The van der Waals surface area contributed by atoms with E-state index >= 15 is 0 Å². The van der Waals surface area contributed by atoms with E-state index in [1.54, 1.807) is 0 Å². The number of rotatable bonds is 0. The minimum absolute atomic E-state index is 0. The van der Waals surface area contributed by atoms with E-state index in [-0.39, 0.29) is 19.5 Å². The van der Waals surface area contributed by atoms with Gasteiger partial charge in [0.05, 0.1) is 0 Å². The van der Waals surface area contributed by atoms with Gasteiger partial charge in [-0.3, -0.25) is 0 Å². The molecule has 0 saturated carbocycles. The van der Waals surface area contributed by atoms with Crippen molar-refractivity contribution < 1.29 is 19.5 Å². The molecule has 6 heavy (non-hydrogen) atoms. The Kier molecular flexibility index (Phi) is 3.16. The van der Waals surface area contributed by atoms with Gasteiger partial charge >= 0.3 is 19.5 Å². The van der Waals surface area contributed by atoms with Crippen LogP contribution in [0, 0.1) is 0 Å². The molecule has 0 saturated heterocycles. The summed E-state index contributed by atoms with van der Waals surface area (Å²) < 4.78 is 0. The molecule has 1 aromatic carbocycles. The standard InChI is InChI=1S/C5H5.Ru/c1-2-4-5-3-1;/h1-5H;/q-1;+2. The van der Waals surface area contributed by atoms with E-state index in [0.29, 0.717) is 0 Å². The van der Waals surface area contributed by atoms with Crippen molar-refractivity contribution >= 4 is 0 Å². The average Bonchev–Trinajstić information content (AvgIpc) is 1.76. The fourth-order valence-corrected chi connectivity index (χ4v) is 0.321. The first kappa shape index (κ1) is 5.97. The van der Waals surface area contributed by atoms with E-state index < -0.39 is 0 Å². The number of hydrogen-bond donors (Lipinski definition) is 0. The fourth-order valence-electron chi connectivity index (χ4n) is 0.321. The van der Waals surface area contributed by atoms with E-state index in [1.807, 2.05) is 30.3 Å². The molecule has 0 aromatic heterocycles. The van der Waals surface area contributed by atoms with Crippen LogP contribution < -0.4 is 0 Å². The molecule has 0 fully saturated rings. The molecule has 0 heterocycles. The van der Waals surface area contributed by atoms with Crippen molar-refractivity contribution in [3.8, 4) is 0 Å². The fraction of sp³-hybridized carbons (Fsp3) is 0. The van der Waals surface area contributed by atoms with Crippen LogP contribution in [-0.2, 0) is 19.5 Å². The Morgan fingerprint density at radius 2 is 1.50 bits per heavy atom. The van der Waals surface area contributed by atoms with Crippen LogP contribution in [-0.4, -0.2) is 0 Å². The van der Waals surface area contributed by atoms with Crippen LogP contribution >= 0.6 is 0 Å².